The summed E-state index contributed by atoms with van der Waals surface area (Å²) >= 11 is 0. The van der Waals surface area contributed by atoms with Gasteiger partial charge in [0.05, 0.1) is 24.7 Å². The van der Waals surface area contributed by atoms with Gasteiger partial charge in [-0.05, 0) is 42.0 Å². The molecule has 2 aliphatic rings. The third-order valence-electron chi connectivity index (χ3n) is 5.46. The van der Waals surface area contributed by atoms with Crippen LogP contribution in [0, 0.1) is 0 Å². The third kappa shape index (κ3) is 3.43. The van der Waals surface area contributed by atoms with E-state index in [1.807, 2.05) is 18.2 Å². The highest BCUT2D eigenvalue weighted by molar-refractivity contribution is 5.92. The summed E-state index contributed by atoms with van der Waals surface area (Å²) in [7, 11) is 1.33. The first kappa shape index (κ1) is 19.0. The predicted molar refractivity (Wildman–Crippen MR) is 110 cm³/mol. The highest BCUT2D eigenvalue weighted by atomic mass is 16.7. The second kappa shape index (κ2) is 7.67. The predicted octanol–water partition coefficient (Wildman–Crippen LogP) is 3.10. The van der Waals surface area contributed by atoms with E-state index in [0.717, 1.165) is 17.0 Å². The molecule has 2 N–H and O–H groups in total. The molecule has 0 radical (unpaired) electrons. The lowest BCUT2D eigenvalue weighted by Gasteiger charge is -2.35. The van der Waals surface area contributed by atoms with Gasteiger partial charge < -0.3 is 29.4 Å². The molecule has 1 atom stereocenters. The van der Waals surface area contributed by atoms with E-state index < -0.39 is 5.97 Å². The molecule has 0 aliphatic carbocycles. The number of H-pyrrole nitrogens is 1. The lowest BCUT2D eigenvalue weighted by atomic mass is 9.95. The number of urea groups is 1. The van der Waals surface area contributed by atoms with Crippen LogP contribution in [0.1, 0.15) is 33.4 Å². The molecular formula is C22H20N4O5. The Labute approximate surface area is 177 Å². The van der Waals surface area contributed by atoms with Crippen LogP contribution >= 0.6 is 0 Å². The Balaban J connectivity index is 1.43. The van der Waals surface area contributed by atoms with Crippen molar-refractivity contribution in [2.24, 2.45) is 0 Å². The molecule has 0 unspecified atom stereocenters. The van der Waals surface area contributed by atoms with Crippen molar-refractivity contribution >= 4 is 17.7 Å². The average Bonchev–Trinajstić information content (AvgIpc) is 3.47. The maximum absolute atomic E-state index is 13.2. The number of aromatic nitrogens is 2. The van der Waals surface area contributed by atoms with Gasteiger partial charge >= 0.3 is 12.0 Å². The van der Waals surface area contributed by atoms with Crippen LogP contribution in [0.25, 0.3) is 0 Å². The molecule has 3 aromatic rings. The van der Waals surface area contributed by atoms with Crippen LogP contribution in [-0.4, -0.2) is 47.3 Å². The minimum atomic E-state index is -0.428. The first-order chi connectivity index (χ1) is 15.1. The standard InChI is InChI=1S/C22H20N4O5/c1-29-21(27)13-2-5-15(6-3-13)25-22(28)26-9-8-16-19(24-11-23-16)20(26)14-4-7-17-18(10-14)31-12-30-17/h2-7,10-11,20H,8-9,12H2,1H3,(H,23,24)(H,25,28)/t20-/m1/s1. The van der Waals surface area contributed by atoms with Gasteiger partial charge in [0.2, 0.25) is 6.79 Å². The third-order valence-corrected chi connectivity index (χ3v) is 5.46. The fraction of sp³-hybridized carbons (Fsp3) is 0.227. The van der Waals surface area contributed by atoms with Crippen molar-refractivity contribution in [3.8, 4) is 11.5 Å². The molecule has 0 saturated heterocycles. The monoisotopic (exact) mass is 420 g/mol. The number of carbonyl (C=O) groups is 2. The topological polar surface area (TPSA) is 106 Å². The number of esters is 1. The largest absolute Gasteiger partial charge is 0.465 e. The summed E-state index contributed by atoms with van der Waals surface area (Å²) in [6.45, 7) is 0.698. The second-order valence-electron chi connectivity index (χ2n) is 7.22. The van der Waals surface area contributed by atoms with Gasteiger partial charge in [0.15, 0.2) is 11.5 Å². The second-order valence-corrected chi connectivity index (χ2v) is 7.22. The van der Waals surface area contributed by atoms with Gasteiger partial charge in [-0.3, -0.25) is 0 Å². The Morgan fingerprint density at radius 3 is 2.77 bits per heavy atom. The molecule has 5 rings (SSSR count). The quantitative estimate of drug-likeness (QED) is 0.631. The fourth-order valence-corrected chi connectivity index (χ4v) is 3.92. The Bertz CT molecular complexity index is 1140. The van der Waals surface area contributed by atoms with Crippen LogP contribution in [0.3, 0.4) is 0 Å². The summed E-state index contributed by atoms with van der Waals surface area (Å²) in [5, 5.41) is 2.91. The van der Waals surface area contributed by atoms with E-state index in [-0.39, 0.29) is 18.9 Å². The number of imidazole rings is 1. The molecule has 3 heterocycles. The van der Waals surface area contributed by atoms with E-state index in [9.17, 15) is 9.59 Å². The van der Waals surface area contributed by atoms with Crippen molar-refractivity contribution in [2.75, 3.05) is 25.8 Å². The number of nitrogens with zero attached hydrogens (tertiary/aromatic N) is 2. The Kier molecular flexibility index (Phi) is 4.70. The summed E-state index contributed by atoms with van der Waals surface area (Å²) in [5.41, 5.74) is 3.69. The molecule has 2 aromatic carbocycles. The zero-order valence-corrected chi connectivity index (χ0v) is 16.8. The van der Waals surface area contributed by atoms with Crippen LogP contribution in [0.5, 0.6) is 11.5 Å². The number of amides is 2. The molecule has 31 heavy (non-hydrogen) atoms. The summed E-state index contributed by atoms with van der Waals surface area (Å²) < 4.78 is 15.6. The van der Waals surface area contributed by atoms with Gasteiger partial charge in [-0.25, -0.2) is 14.6 Å². The molecule has 9 heteroatoms. The normalized spacial score (nSPS) is 16.5. The SMILES string of the molecule is COC(=O)c1ccc(NC(=O)N2CCc3[nH]cnc3[C@H]2c2ccc3c(c2)OCO3)cc1. The van der Waals surface area contributed by atoms with Gasteiger partial charge in [0, 0.05) is 24.3 Å². The van der Waals surface area contributed by atoms with Crippen molar-refractivity contribution in [1.82, 2.24) is 14.9 Å². The number of fused-ring (bicyclic) bond motifs is 2. The molecule has 2 aliphatic heterocycles. The van der Waals surface area contributed by atoms with Gasteiger partial charge in [-0.1, -0.05) is 6.07 Å². The smallest absolute Gasteiger partial charge is 0.337 e. The first-order valence-corrected chi connectivity index (χ1v) is 9.82. The van der Waals surface area contributed by atoms with E-state index in [0.29, 0.717) is 35.7 Å². The molecule has 0 spiro atoms. The summed E-state index contributed by atoms with van der Waals surface area (Å²) in [6.07, 6.45) is 2.32. The Hall–Kier alpha value is -4.01. The first-order valence-electron chi connectivity index (χ1n) is 9.82. The molecule has 0 fully saturated rings. The van der Waals surface area contributed by atoms with Gasteiger partial charge in [0.25, 0.3) is 0 Å². The maximum atomic E-state index is 13.2. The number of benzene rings is 2. The number of carbonyl (C=O) groups excluding carboxylic acids is 2. The highest BCUT2D eigenvalue weighted by Gasteiger charge is 2.35. The van der Waals surface area contributed by atoms with Crippen LogP contribution in [0.15, 0.2) is 48.8 Å². The van der Waals surface area contributed by atoms with Crippen molar-refractivity contribution in [1.29, 1.82) is 0 Å². The maximum Gasteiger partial charge on any atom is 0.337 e. The lowest BCUT2D eigenvalue weighted by molar-refractivity contribution is 0.0600. The van der Waals surface area contributed by atoms with Crippen LogP contribution < -0.4 is 14.8 Å². The molecular weight excluding hydrogens is 400 g/mol. The molecule has 1 aromatic heterocycles. The number of ether oxygens (including phenoxy) is 3. The van der Waals surface area contributed by atoms with E-state index in [1.165, 1.54) is 7.11 Å². The summed E-state index contributed by atoms with van der Waals surface area (Å²) in [6, 6.07) is 11.6. The Morgan fingerprint density at radius 2 is 1.97 bits per heavy atom. The zero-order chi connectivity index (χ0) is 21.4. The number of aromatic amines is 1. The van der Waals surface area contributed by atoms with Gasteiger partial charge in [-0.2, -0.15) is 0 Å². The number of hydrogen-bond donors (Lipinski definition) is 2. The lowest BCUT2D eigenvalue weighted by Crippen LogP contribution is -2.43. The van der Waals surface area contributed by atoms with Crippen LogP contribution in [-0.2, 0) is 11.2 Å². The van der Waals surface area contributed by atoms with E-state index in [1.54, 1.807) is 35.5 Å². The molecule has 2 amide bonds. The molecule has 9 nitrogen and oxygen atoms in total. The number of hydrogen-bond acceptors (Lipinski definition) is 6. The molecule has 158 valence electrons. The highest BCUT2D eigenvalue weighted by Crippen LogP contribution is 2.39. The number of nitrogens with one attached hydrogen (secondary N) is 2. The number of methoxy groups -OCH3 is 1. The van der Waals surface area contributed by atoms with E-state index in [2.05, 4.69) is 15.3 Å². The minimum absolute atomic E-state index is 0.183. The van der Waals surface area contributed by atoms with Crippen molar-refractivity contribution < 1.29 is 23.8 Å². The summed E-state index contributed by atoms with van der Waals surface area (Å²) in [4.78, 5) is 34.2. The zero-order valence-electron chi connectivity index (χ0n) is 16.8. The number of rotatable bonds is 3. The van der Waals surface area contributed by atoms with Crippen LogP contribution in [0.2, 0.25) is 0 Å². The minimum Gasteiger partial charge on any atom is -0.465 e. The fourth-order valence-electron chi connectivity index (χ4n) is 3.92. The Morgan fingerprint density at radius 1 is 1.16 bits per heavy atom. The average molecular weight is 420 g/mol. The van der Waals surface area contributed by atoms with Gasteiger partial charge in [0.1, 0.15) is 6.04 Å². The number of anilines is 1. The van der Waals surface area contributed by atoms with E-state index >= 15 is 0 Å². The van der Waals surface area contributed by atoms with Crippen molar-refractivity contribution in [3.63, 3.8) is 0 Å². The van der Waals surface area contributed by atoms with E-state index in [4.69, 9.17) is 14.2 Å². The molecule has 0 saturated carbocycles. The molecule has 0 bridgehead atoms. The van der Waals surface area contributed by atoms with Crippen molar-refractivity contribution in [2.45, 2.75) is 12.5 Å². The summed E-state index contributed by atoms with van der Waals surface area (Å²) in [5.74, 6) is 0.908. The van der Waals surface area contributed by atoms with Gasteiger partial charge in [-0.15, -0.1) is 0 Å². The van der Waals surface area contributed by atoms with Crippen LogP contribution in [0.4, 0.5) is 10.5 Å². The van der Waals surface area contributed by atoms with Crippen molar-refractivity contribution in [3.05, 3.63) is 71.3 Å².